The Morgan fingerprint density at radius 1 is 1.06 bits per heavy atom. The molecule has 0 saturated carbocycles. The van der Waals surface area contributed by atoms with Gasteiger partial charge < -0.3 is 16.0 Å². The summed E-state index contributed by atoms with van der Waals surface area (Å²) in [4.78, 5) is 14.8. The highest BCUT2D eigenvalue weighted by Crippen LogP contribution is 2.30. The van der Waals surface area contributed by atoms with E-state index in [9.17, 15) is 13.2 Å². The van der Waals surface area contributed by atoms with Crippen LogP contribution in [0.5, 0.6) is 0 Å². The topological polar surface area (TPSA) is 122 Å². The smallest absolute Gasteiger partial charge is 0.324 e. The van der Waals surface area contributed by atoms with Crippen LogP contribution in [0, 0.1) is 0 Å². The maximum Gasteiger partial charge on any atom is 0.324 e. The van der Waals surface area contributed by atoms with Crippen LogP contribution in [0.25, 0.3) is 5.69 Å². The Morgan fingerprint density at radius 3 is 2.33 bits per heavy atom. The van der Waals surface area contributed by atoms with Gasteiger partial charge in [0.25, 0.3) is 0 Å². The summed E-state index contributed by atoms with van der Waals surface area (Å²) in [7, 11) is -2.98. The van der Waals surface area contributed by atoms with E-state index in [-0.39, 0.29) is 23.5 Å². The van der Waals surface area contributed by atoms with E-state index in [1.807, 2.05) is 29.2 Å². The third kappa shape index (κ3) is 6.00. The molecule has 2 aromatic carbocycles. The van der Waals surface area contributed by atoms with Crippen molar-refractivity contribution in [1.82, 2.24) is 9.78 Å². The number of nitrogens with zero attached hydrogens (tertiary/aromatic N) is 3. The van der Waals surface area contributed by atoms with Crippen molar-refractivity contribution < 1.29 is 13.2 Å². The monoisotopic (exact) mass is 530 g/mol. The molecule has 1 fully saturated rings. The van der Waals surface area contributed by atoms with Gasteiger partial charge in [-0.3, -0.25) is 5.32 Å². The quantitative estimate of drug-likeness (QED) is 0.455. The number of carbonyl (C=O) groups excluding carboxylic acids is 1. The fourth-order valence-corrected chi connectivity index (χ4v) is 5.27. The summed E-state index contributed by atoms with van der Waals surface area (Å²) >= 11 is 5.93. The van der Waals surface area contributed by atoms with E-state index in [1.54, 1.807) is 28.9 Å². The van der Waals surface area contributed by atoms with Gasteiger partial charge in [-0.2, -0.15) is 5.10 Å². The summed E-state index contributed by atoms with van der Waals surface area (Å²) in [5, 5.41) is 11.1. The Morgan fingerprint density at radius 2 is 1.72 bits per heavy atom. The maximum absolute atomic E-state index is 12.8. The van der Waals surface area contributed by atoms with E-state index in [2.05, 4.69) is 31.4 Å². The highest BCUT2D eigenvalue weighted by Gasteiger charge is 2.25. The lowest BCUT2D eigenvalue weighted by molar-refractivity contribution is 0.262. The lowest BCUT2D eigenvalue weighted by Gasteiger charge is -2.29. The first-order valence-corrected chi connectivity index (χ1v) is 13.9. The molecule has 1 saturated heterocycles. The standard InChI is InChI=1S/C25H31ClN6O3S/c1-25(2,3)22-15-23(29-24(33)28-19-6-4-18(26)5-7-19)32(30-22)21-9-8-20(14-17(21)16-27)31-10-12-36(34,35)13-11-31/h4-9,14-15H,10-13,16,27H2,1-3H3,(H2,28,29,33). The molecule has 0 spiro atoms. The second-order valence-electron chi connectivity index (χ2n) is 9.82. The molecule has 0 bridgehead atoms. The van der Waals surface area contributed by atoms with E-state index in [0.717, 1.165) is 22.6 Å². The van der Waals surface area contributed by atoms with Gasteiger partial charge in [-0.15, -0.1) is 0 Å². The van der Waals surface area contributed by atoms with Gasteiger partial charge in [0.05, 0.1) is 22.9 Å². The highest BCUT2D eigenvalue weighted by molar-refractivity contribution is 7.91. The Balaban J connectivity index is 1.65. The number of urea groups is 1. The second kappa shape index (κ2) is 10.1. The van der Waals surface area contributed by atoms with Crippen LogP contribution in [0.4, 0.5) is 22.0 Å². The largest absolute Gasteiger partial charge is 0.369 e. The van der Waals surface area contributed by atoms with Crippen molar-refractivity contribution in [3.63, 3.8) is 0 Å². The van der Waals surface area contributed by atoms with E-state index < -0.39 is 15.9 Å². The van der Waals surface area contributed by atoms with Crippen LogP contribution in [-0.2, 0) is 21.8 Å². The minimum absolute atomic E-state index is 0.137. The minimum atomic E-state index is -2.98. The molecule has 9 nitrogen and oxygen atoms in total. The molecule has 1 aliphatic heterocycles. The van der Waals surface area contributed by atoms with Gasteiger partial charge in [-0.05, 0) is 48.0 Å². The number of sulfone groups is 1. The first-order chi connectivity index (χ1) is 16.9. The number of aromatic nitrogens is 2. The number of carbonyl (C=O) groups is 1. The maximum atomic E-state index is 12.8. The van der Waals surface area contributed by atoms with Crippen LogP contribution >= 0.6 is 11.6 Å². The lowest BCUT2D eigenvalue weighted by atomic mass is 9.92. The van der Waals surface area contributed by atoms with Crippen LogP contribution in [0.15, 0.2) is 48.5 Å². The Hall–Kier alpha value is -3.08. The van der Waals surface area contributed by atoms with Crippen molar-refractivity contribution in [2.75, 3.05) is 40.1 Å². The summed E-state index contributed by atoms with van der Waals surface area (Å²) in [5.41, 5.74) is 9.75. The molecule has 0 aliphatic carbocycles. The van der Waals surface area contributed by atoms with Crippen molar-refractivity contribution in [1.29, 1.82) is 0 Å². The molecule has 4 rings (SSSR count). The van der Waals surface area contributed by atoms with Crippen LogP contribution < -0.4 is 21.3 Å². The summed E-state index contributed by atoms with van der Waals surface area (Å²) in [6, 6.07) is 14.1. The second-order valence-corrected chi connectivity index (χ2v) is 12.6. The predicted octanol–water partition coefficient (Wildman–Crippen LogP) is 4.16. The van der Waals surface area contributed by atoms with Gasteiger partial charge >= 0.3 is 6.03 Å². The third-order valence-electron chi connectivity index (χ3n) is 6.04. The first-order valence-electron chi connectivity index (χ1n) is 11.7. The van der Waals surface area contributed by atoms with Gasteiger partial charge in [0, 0.05) is 47.5 Å². The van der Waals surface area contributed by atoms with Gasteiger partial charge in [0.15, 0.2) is 9.84 Å². The summed E-state index contributed by atoms with van der Waals surface area (Å²) in [6.07, 6.45) is 0. The van der Waals surface area contributed by atoms with Crippen molar-refractivity contribution in [3.05, 3.63) is 64.8 Å². The Labute approximate surface area is 216 Å². The molecule has 2 heterocycles. The first kappa shape index (κ1) is 26.0. The number of hydrogen-bond donors (Lipinski definition) is 3. The average Bonchev–Trinajstić information content (AvgIpc) is 3.24. The predicted molar refractivity (Wildman–Crippen MR) is 145 cm³/mol. The van der Waals surface area contributed by atoms with E-state index >= 15 is 0 Å². The molecule has 1 aliphatic rings. The van der Waals surface area contributed by atoms with Crippen molar-refractivity contribution >= 4 is 44.7 Å². The molecule has 3 aromatic rings. The zero-order valence-corrected chi connectivity index (χ0v) is 22.2. The summed E-state index contributed by atoms with van der Waals surface area (Å²) < 4.78 is 25.3. The van der Waals surface area contributed by atoms with Crippen LogP contribution in [0.1, 0.15) is 32.0 Å². The minimum Gasteiger partial charge on any atom is -0.369 e. The van der Waals surface area contributed by atoms with E-state index in [1.165, 1.54) is 0 Å². The van der Waals surface area contributed by atoms with Gasteiger partial charge in [-0.1, -0.05) is 32.4 Å². The molecule has 4 N–H and O–H groups in total. The highest BCUT2D eigenvalue weighted by atomic mass is 35.5. The van der Waals surface area contributed by atoms with Crippen LogP contribution in [-0.4, -0.2) is 48.8 Å². The zero-order valence-electron chi connectivity index (χ0n) is 20.6. The molecule has 0 atom stereocenters. The number of halogens is 1. The number of nitrogens with one attached hydrogen (secondary N) is 2. The molecule has 1 aromatic heterocycles. The van der Waals surface area contributed by atoms with Gasteiger partial charge in [-0.25, -0.2) is 17.9 Å². The molecule has 192 valence electrons. The Kier molecular flexibility index (Phi) is 7.31. The molecule has 11 heteroatoms. The van der Waals surface area contributed by atoms with Crippen molar-refractivity contribution in [2.24, 2.45) is 5.73 Å². The number of anilines is 3. The molecule has 0 radical (unpaired) electrons. The van der Waals surface area contributed by atoms with E-state index in [0.29, 0.717) is 29.6 Å². The number of hydrogen-bond acceptors (Lipinski definition) is 6. The van der Waals surface area contributed by atoms with Gasteiger partial charge in [0.1, 0.15) is 5.82 Å². The zero-order chi connectivity index (χ0) is 26.1. The Bertz CT molecular complexity index is 1350. The van der Waals surface area contributed by atoms with Crippen molar-refractivity contribution in [2.45, 2.75) is 32.7 Å². The average molecular weight is 531 g/mol. The van der Waals surface area contributed by atoms with E-state index in [4.69, 9.17) is 22.4 Å². The number of benzene rings is 2. The molecular weight excluding hydrogens is 500 g/mol. The van der Waals surface area contributed by atoms with Crippen LogP contribution in [0.2, 0.25) is 5.02 Å². The molecule has 2 amide bonds. The fourth-order valence-electron chi connectivity index (χ4n) is 3.94. The number of nitrogens with two attached hydrogens (primary N) is 1. The SMILES string of the molecule is CC(C)(C)c1cc(NC(=O)Nc2ccc(Cl)cc2)n(-c2ccc(N3CCS(=O)(=O)CC3)cc2CN)n1. The fraction of sp³-hybridized carbons (Fsp3) is 0.360. The summed E-state index contributed by atoms with van der Waals surface area (Å²) in [5.74, 6) is 0.771. The van der Waals surface area contributed by atoms with Crippen molar-refractivity contribution in [3.8, 4) is 5.69 Å². The normalized spacial score (nSPS) is 15.5. The molecular formula is C25H31ClN6O3S. The lowest BCUT2D eigenvalue weighted by Crippen LogP contribution is -2.40. The van der Waals surface area contributed by atoms with Gasteiger partial charge in [0.2, 0.25) is 0 Å². The third-order valence-corrected chi connectivity index (χ3v) is 7.90. The van der Waals surface area contributed by atoms with Crippen LogP contribution in [0.3, 0.4) is 0 Å². The number of amides is 2. The molecule has 0 unspecified atom stereocenters. The number of rotatable bonds is 5. The summed E-state index contributed by atoms with van der Waals surface area (Å²) in [6.45, 7) is 7.28. The molecule has 36 heavy (non-hydrogen) atoms.